The molecular formula is C21H20F7N3. The molecule has 168 valence electrons. The van der Waals surface area contributed by atoms with Gasteiger partial charge in [-0.15, -0.1) is 0 Å². The van der Waals surface area contributed by atoms with Crippen molar-refractivity contribution in [1.82, 2.24) is 9.55 Å². The Balaban J connectivity index is 2.32. The summed E-state index contributed by atoms with van der Waals surface area (Å²) in [4.78, 5) is 3.33. The number of aromatic nitrogens is 2. The van der Waals surface area contributed by atoms with E-state index in [1.807, 2.05) is 20.8 Å². The van der Waals surface area contributed by atoms with Crippen molar-refractivity contribution in [1.29, 1.82) is 0 Å². The Morgan fingerprint density at radius 1 is 1.03 bits per heavy atom. The number of hydrogen-bond acceptors (Lipinski definition) is 2. The molecule has 0 unspecified atom stereocenters. The second kappa shape index (κ2) is 7.51. The lowest BCUT2D eigenvalue weighted by molar-refractivity contribution is -0.149. The van der Waals surface area contributed by atoms with Crippen molar-refractivity contribution in [2.45, 2.75) is 45.7 Å². The first kappa shape index (κ1) is 23.1. The second-order valence-electron chi connectivity index (χ2n) is 8.54. The van der Waals surface area contributed by atoms with Gasteiger partial charge in [-0.05, 0) is 23.6 Å². The molecular weight excluding hydrogens is 427 g/mol. The van der Waals surface area contributed by atoms with E-state index in [0.717, 1.165) is 24.4 Å². The molecule has 0 spiro atoms. The molecule has 2 N–H and O–H groups in total. The van der Waals surface area contributed by atoms with E-state index >= 15 is 0 Å². The first-order valence-electron chi connectivity index (χ1n) is 9.27. The van der Waals surface area contributed by atoms with Gasteiger partial charge in [0.15, 0.2) is 5.69 Å². The topological polar surface area (TPSA) is 43.8 Å². The van der Waals surface area contributed by atoms with E-state index < -0.39 is 41.0 Å². The Kier molecular flexibility index (Phi) is 5.58. The summed E-state index contributed by atoms with van der Waals surface area (Å²) in [5, 5.41) is -0.104. The molecule has 0 fully saturated rings. The Labute approximate surface area is 173 Å². The molecule has 10 heteroatoms. The number of benzene rings is 1. The van der Waals surface area contributed by atoms with Crippen LogP contribution in [0.4, 0.5) is 30.7 Å². The van der Waals surface area contributed by atoms with Crippen molar-refractivity contribution in [3.63, 3.8) is 0 Å². The minimum absolute atomic E-state index is 0.104. The fourth-order valence-corrected chi connectivity index (χ4v) is 3.46. The lowest BCUT2D eigenvalue weighted by Crippen LogP contribution is -2.28. The van der Waals surface area contributed by atoms with Gasteiger partial charge >= 0.3 is 12.4 Å². The van der Waals surface area contributed by atoms with Crippen LogP contribution >= 0.6 is 0 Å². The zero-order valence-corrected chi connectivity index (χ0v) is 16.9. The predicted octanol–water partition coefficient (Wildman–Crippen LogP) is 6.47. The molecule has 0 saturated heterocycles. The smallest absolute Gasteiger partial charge is 0.347 e. The summed E-state index contributed by atoms with van der Waals surface area (Å²) in [7, 11) is 0. The summed E-state index contributed by atoms with van der Waals surface area (Å²) in [6.45, 7) is 5.76. The maximum atomic E-state index is 14.9. The van der Waals surface area contributed by atoms with E-state index in [4.69, 9.17) is 5.73 Å². The van der Waals surface area contributed by atoms with Crippen molar-refractivity contribution < 1.29 is 30.7 Å². The predicted molar refractivity (Wildman–Crippen MR) is 103 cm³/mol. The third-order valence-electron chi connectivity index (χ3n) is 4.70. The van der Waals surface area contributed by atoms with Crippen LogP contribution in [-0.4, -0.2) is 15.7 Å². The zero-order chi connectivity index (χ0) is 23.4. The SMILES string of the molecule is CC(C)(C)Cn1cc([C@H](N)C(F)(F)F)c2cc(F)c(-c3cccnc3C(F)(F)F)cc21. The van der Waals surface area contributed by atoms with E-state index in [2.05, 4.69) is 4.98 Å². The van der Waals surface area contributed by atoms with Gasteiger partial charge < -0.3 is 10.3 Å². The van der Waals surface area contributed by atoms with Crippen molar-refractivity contribution in [3.8, 4) is 11.1 Å². The number of nitrogens with two attached hydrogens (primary N) is 1. The zero-order valence-electron chi connectivity index (χ0n) is 16.9. The highest BCUT2D eigenvalue weighted by Crippen LogP contribution is 2.41. The monoisotopic (exact) mass is 447 g/mol. The van der Waals surface area contributed by atoms with Gasteiger partial charge in [-0.1, -0.05) is 26.8 Å². The second-order valence-corrected chi connectivity index (χ2v) is 8.54. The summed E-state index contributed by atoms with van der Waals surface area (Å²) < 4.78 is 96.4. The van der Waals surface area contributed by atoms with Gasteiger partial charge in [0, 0.05) is 46.5 Å². The molecule has 1 atom stereocenters. The normalized spacial score (nSPS) is 14.3. The highest BCUT2D eigenvalue weighted by Gasteiger charge is 2.40. The molecule has 2 aromatic heterocycles. The number of nitrogens with zero attached hydrogens (tertiary/aromatic N) is 2. The summed E-state index contributed by atoms with van der Waals surface area (Å²) in [5.41, 5.74) is 2.60. The molecule has 0 aliphatic heterocycles. The minimum atomic E-state index is -4.84. The molecule has 31 heavy (non-hydrogen) atoms. The standard InChI is InChI=1S/C21H20F7N3/c1-19(2,3)10-31-9-14(17(29)20(23,24)25)13-7-15(22)12(8-16(13)31)11-5-4-6-30-18(11)21(26,27)28/h4-9,17H,10,29H2,1-3H3/t17-/m0/s1. The van der Waals surface area contributed by atoms with Crippen LogP contribution in [0.15, 0.2) is 36.7 Å². The number of fused-ring (bicyclic) bond motifs is 1. The molecule has 0 amide bonds. The highest BCUT2D eigenvalue weighted by molar-refractivity contribution is 5.89. The molecule has 2 heterocycles. The summed E-state index contributed by atoms with van der Waals surface area (Å²) >= 11 is 0. The molecule has 0 saturated carbocycles. The van der Waals surface area contributed by atoms with E-state index in [1.54, 1.807) is 0 Å². The van der Waals surface area contributed by atoms with Crippen molar-refractivity contribution >= 4 is 10.9 Å². The Bertz CT molecular complexity index is 1110. The summed E-state index contributed by atoms with van der Waals surface area (Å²) in [5.74, 6) is -1.10. The van der Waals surface area contributed by atoms with Gasteiger partial charge in [-0.2, -0.15) is 26.3 Å². The number of halogens is 7. The number of hydrogen-bond donors (Lipinski definition) is 1. The van der Waals surface area contributed by atoms with Crippen LogP contribution < -0.4 is 5.73 Å². The van der Waals surface area contributed by atoms with Gasteiger partial charge in [0.1, 0.15) is 11.9 Å². The Morgan fingerprint density at radius 2 is 1.68 bits per heavy atom. The molecule has 0 bridgehead atoms. The first-order chi connectivity index (χ1) is 14.1. The van der Waals surface area contributed by atoms with Crippen molar-refractivity contribution in [2.75, 3.05) is 0 Å². The van der Waals surface area contributed by atoms with Crippen LogP contribution in [0.5, 0.6) is 0 Å². The molecule has 1 aromatic carbocycles. The summed E-state index contributed by atoms with van der Waals surface area (Å²) in [6.07, 6.45) is -7.49. The first-order valence-corrected chi connectivity index (χ1v) is 9.27. The van der Waals surface area contributed by atoms with Crippen LogP contribution in [0.2, 0.25) is 0 Å². The van der Waals surface area contributed by atoms with E-state index in [-0.39, 0.29) is 28.4 Å². The average Bonchev–Trinajstić information content (AvgIpc) is 2.94. The van der Waals surface area contributed by atoms with Gasteiger partial charge in [-0.3, -0.25) is 4.98 Å². The Morgan fingerprint density at radius 3 is 2.23 bits per heavy atom. The quantitative estimate of drug-likeness (QED) is 0.468. The maximum absolute atomic E-state index is 14.9. The number of rotatable bonds is 3. The molecule has 3 aromatic rings. The number of pyridine rings is 1. The molecule has 3 nitrogen and oxygen atoms in total. The molecule has 0 aliphatic carbocycles. The third kappa shape index (κ3) is 4.68. The van der Waals surface area contributed by atoms with Crippen molar-refractivity contribution in [3.05, 3.63) is 53.7 Å². The third-order valence-corrected chi connectivity index (χ3v) is 4.70. The minimum Gasteiger partial charge on any atom is -0.347 e. The molecule has 3 rings (SSSR count). The Hall–Kier alpha value is -2.62. The van der Waals surface area contributed by atoms with Crippen molar-refractivity contribution in [2.24, 2.45) is 11.1 Å². The largest absolute Gasteiger partial charge is 0.433 e. The molecule has 0 aliphatic rings. The lowest BCUT2D eigenvalue weighted by Gasteiger charge is -2.20. The van der Waals surface area contributed by atoms with E-state index in [1.165, 1.54) is 16.8 Å². The lowest BCUT2D eigenvalue weighted by atomic mass is 9.96. The average molecular weight is 447 g/mol. The molecule has 0 radical (unpaired) electrons. The van der Waals surface area contributed by atoms with Gasteiger partial charge in [0.2, 0.25) is 0 Å². The van der Waals surface area contributed by atoms with Crippen LogP contribution in [-0.2, 0) is 12.7 Å². The van der Waals surface area contributed by atoms with Crippen LogP contribution in [0.25, 0.3) is 22.0 Å². The summed E-state index contributed by atoms with van der Waals surface area (Å²) in [6, 6.07) is 1.85. The van der Waals surface area contributed by atoms with Crippen LogP contribution in [0.3, 0.4) is 0 Å². The van der Waals surface area contributed by atoms with E-state index in [9.17, 15) is 30.7 Å². The van der Waals surface area contributed by atoms with Gasteiger partial charge in [-0.25, -0.2) is 4.39 Å². The van der Waals surface area contributed by atoms with Crippen LogP contribution in [0, 0.1) is 11.2 Å². The van der Waals surface area contributed by atoms with E-state index in [0.29, 0.717) is 0 Å². The number of alkyl halides is 6. The maximum Gasteiger partial charge on any atom is 0.433 e. The van der Waals surface area contributed by atoms with Gasteiger partial charge in [0.25, 0.3) is 0 Å². The fourth-order valence-electron chi connectivity index (χ4n) is 3.46. The van der Waals surface area contributed by atoms with Gasteiger partial charge in [0.05, 0.1) is 0 Å². The van der Waals surface area contributed by atoms with Crippen LogP contribution in [0.1, 0.15) is 38.1 Å². The highest BCUT2D eigenvalue weighted by atomic mass is 19.4. The fraction of sp³-hybridized carbons (Fsp3) is 0.381.